The number of hydrogen-bond donors (Lipinski definition) is 1. The van der Waals surface area contributed by atoms with Crippen LogP contribution in [0.15, 0.2) is 84.9 Å². The van der Waals surface area contributed by atoms with Crippen LogP contribution in [0.4, 0.5) is 10.8 Å². The van der Waals surface area contributed by atoms with Gasteiger partial charge >= 0.3 is 11.0 Å². The number of rotatable bonds is 4. The monoisotopic (exact) mass is 423 g/mol. The molecular formula is C21H18BrN3S. The maximum absolute atomic E-state index is 4.85. The van der Waals surface area contributed by atoms with Crippen molar-refractivity contribution in [1.82, 2.24) is 4.98 Å². The molecule has 0 radical (unpaired) electrons. The Balaban J connectivity index is 0.00000196. The van der Waals surface area contributed by atoms with Gasteiger partial charge in [-0.15, -0.1) is 3.96 Å². The molecule has 0 fully saturated rings. The Bertz CT molecular complexity index is 967. The van der Waals surface area contributed by atoms with E-state index in [0.29, 0.717) is 0 Å². The Labute approximate surface area is 167 Å². The Morgan fingerprint density at radius 2 is 1.42 bits per heavy atom. The van der Waals surface area contributed by atoms with E-state index in [2.05, 4.69) is 52.6 Å². The van der Waals surface area contributed by atoms with Gasteiger partial charge < -0.3 is 22.3 Å². The Morgan fingerprint density at radius 1 is 0.808 bits per heavy atom. The molecule has 0 aliphatic carbocycles. The predicted octanol–water partition coefficient (Wildman–Crippen LogP) is 2.14. The van der Waals surface area contributed by atoms with Gasteiger partial charge in [0.2, 0.25) is 0 Å². The smallest absolute Gasteiger partial charge is 0.350 e. The zero-order valence-electron chi connectivity index (χ0n) is 14.3. The van der Waals surface area contributed by atoms with E-state index in [0.717, 1.165) is 27.9 Å². The van der Waals surface area contributed by atoms with Crippen molar-refractivity contribution in [2.75, 3.05) is 5.32 Å². The van der Waals surface area contributed by atoms with Gasteiger partial charge in [-0.2, -0.15) is 0 Å². The lowest BCUT2D eigenvalue weighted by molar-refractivity contribution is -0.509. The summed E-state index contributed by atoms with van der Waals surface area (Å²) in [6.45, 7) is 2.10. The molecule has 1 heterocycles. The van der Waals surface area contributed by atoms with Gasteiger partial charge in [-0.05, 0) is 48.3 Å². The summed E-state index contributed by atoms with van der Waals surface area (Å²) in [6, 6.07) is 28.9. The summed E-state index contributed by atoms with van der Waals surface area (Å²) >= 11 is 1.60. The van der Waals surface area contributed by atoms with Crippen molar-refractivity contribution in [3.05, 3.63) is 90.5 Å². The molecule has 0 amide bonds. The lowest BCUT2D eigenvalue weighted by Gasteiger charge is -1.98. The van der Waals surface area contributed by atoms with Crippen molar-refractivity contribution < 1.29 is 20.9 Å². The van der Waals surface area contributed by atoms with Crippen LogP contribution in [0.25, 0.3) is 17.1 Å². The van der Waals surface area contributed by atoms with Crippen molar-refractivity contribution in [1.29, 1.82) is 0 Å². The number of hydrogen-bond acceptors (Lipinski definition) is 3. The number of aryl methyl sites for hydroxylation is 1. The topological polar surface area (TPSA) is 28.8 Å². The van der Waals surface area contributed by atoms with Gasteiger partial charge in [-0.1, -0.05) is 54.1 Å². The molecule has 3 aromatic carbocycles. The third-order valence-corrected chi connectivity index (χ3v) is 4.84. The molecule has 0 aliphatic rings. The molecule has 130 valence electrons. The highest BCUT2D eigenvalue weighted by atomic mass is 79.9. The third kappa shape index (κ3) is 4.00. The molecule has 4 rings (SSSR count). The molecule has 3 nitrogen and oxygen atoms in total. The minimum absolute atomic E-state index is 0. The van der Waals surface area contributed by atoms with Crippen molar-refractivity contribution in [2.45, 2.75) is 6.92 Å². The second-order valence-electron chi connectivity index (χ2n) is 5.82. The SMILES string of the molecule is Cc1ccc(-c2nc(Nc3ccccc3)s[n+]2-c2ccccc2)cc1.[Br-]. The number of anilines is 2. The van der Waals surface area contributed by atoms with Crippen LogP contribution in [0.3, 0.4) is 0 Å². The summed E-state index contributed by atoms with van der Waals surface area (Å²) in [5.41, 5.74) is 4.49. The first kappa shape index (κ1) is 18.3. The molecule has 0 saturated heterocycles. The van der Waals surface area contributed by atoms with E-state index in [1.54, 1.807) is 11.5 Å². The third-order valence-electron chi connectivity index (χ3n) is 3.90. The number of aromatic nitrogens is 2. The van der Waals surface area contributed by atoms with E-state index in [9.17, 15) is 0 Å². The lowest BCUT2D eigenvalue weighted by Crippen LogP contribution is -3.00. The van der Waals surface area contributed by atoms with Crippen LogP contribution >= 0.6 is 11.5 Å². The normalized spacial score (nSPS) is 10.2. The fourth-order valence-corrected chi connectivity index (χ4v) is 3.53. The van der Waals surface area contributed by atoms with E-state index in [-0.39, 0.29) is 17.0 Å². The largest absolute Gasteiger partial charge is 1.00 e. The number of benzene rings is 3. The van der Waals surface area contributed by atoms with Crippen LogP contribution in [0.1, 0.15) is 5.56 Å². The number of nitrogens with one attached hydrogen (secondary N) is 1. The van der Waals surface area contributed by atoms with Gasteiger partial charge in [-0.25, -0.2) is 0 Å². The summed E-state index contributed by atoms with van der Waals surface area (Å²) < 4.78 is 2.16. The minimum Gasteiger partial charge on any atom is -1.00 e. The van der Waals surface area contributed by atoms with E-state index in [1.165, 1.54) is 5.56 Å². The maximum Gasteiger partial charge on any atom is 0.350 e. The fourth-order valence-electron chi connectivity index (χ4n) is 2.61. The molecule has 0 aliphatic heterocycles. The molecule has 1 aromatic heterocycles. The van der Waals surface area contributed by atoms with Crippen molar-refractivity contribution in [2.24, 2.45) is 0 Å². The van der Waals surface area contributed by atoms with Crippen LogP contribution < -0.4 is 26.3 Å². The van der Waals surface area contributed by atoms with Gasteiger partial charge in [0, 0.05) is 5.69 Å². The zero-order chi connectivity index (χ0) is 17.1. The molecule has 4 aromatic rings. The van der Waals surface area contributed by atoms with Crippen molar-refractivity contribution in [3.8, 4) is 17.1 Å². The first-order chi connectivity index (χ1) is 12.3. The zero-order valence-corrected chi connectivity index (χ0v) is 16.7. The van der Waals surface area contributed by atoms with Crippen LogP contribution in [0.2, 0.25) is 0 Å². The van der Waals surface area contributed by atoms with Crippen LogP contribution in [0.5, 0.6) is 0 Å². The standard InChI is InChI=1S/C21H17N3S.BrH/c1-16-12-14-17(15-13-16)20-23-21(22-18-8-4-2-5-9-18)25-24(20)19-10-6-3-7-11-19;/h2-15H,1H3;1H. The molecular weight excluding hydrogens is 406 g/mol. The quantitative estimate of drug-likeness (QED) is 0.509. The molecule has 5 heteroatoms. The Hall–Kier alpha value is -2.50. The molecule has 0 saturated carbocycles. The second kappa shape index (κ2) is 8.25. The van der Waals surface area contributed by atoms with Gasteiger partial charge in [-0.3, -0.25) is 0 Å². The van der Waals surface area contributed by atoms with Gasteiger partial charge in [0.1, 0.15) is 17.2 Å². The summed E-state index contributed by atoms with van der Waals surface area (Å²) in [4.78, 5) is 4.85. The number of nitrogens with zero attached hydrogens (tertiary/aromatic N) is 2. The summed E-state index contributed by atoms with van der Waals surface area (Å²) in [7, 11) is 0. The molecule has 0 bridgehead atoms. The molecule has 26 heavy (non-hydrogen) atoms. The lowest BCUT2D eigenvalue weighted by atomic mass is 10.1. The second-order valence-corrected chi connectivity index (χ2v) is 6.75. The van der Waals surface area contributed by atoms with E-state index < -0.39 is 0 Å². The average Bonchev–Trinajstić information content (AvgIpc) is 3.08. The summed E-state index contributed by atoms with van der Waals surface area (Å²) in [5.74, 6) is 0.939. The van der Waals surface area contributed by atoms with Gasteiger partial charge in [0.25, 0.3) is 0 Å². The first-order valence-corrected chi connectivity index (χ1v) is 8.95. The molecule has 0 spiro atoms. The van der Waals surface area contributed by atoms with Crippen LogP contribution in [0, 0.1) is 6.92 Å². The first-order valence-electron chi connectivity index (χ1n) is 8.17. The van der Waals surface area contributed by atoms with Crippen LogP contribution in [-0.2, 0) is 0 Å². The highest BCUT2D eigenvalue weighted by Crippen LogP contribution is 2.24. The van der Waals surface area contributed by atoms with Crippen molar-refractivity contribution >= 4 is 22.4 Å². The molecule has 1 N–H and O–H groups in total. The average molecular weight is 424 g/mol. The Kier molecular flexibility index (Phi) is 5.81. The van der Waals surface area contributed by atoms with E-state index in [4.69, 9.17) is 4.98 Å². The van der Waals surface area contributed by atoms with Crippen LogP contribution in [-0.4, -0.2) is 4.98 Å². The minimum atomic E-state index is 0. The predicted molar refractivity (Wildman–Crippen MR) is 104 cm³/mol. The summed E-state index contributed by atoms with van der Waals surface area (Å²) in [5, 5.41) is 4.27. The number of para-hydroxylation sites is 2. The highest BCUT2D eigenvalue weighted by Gasteiger charge is 2.24. The highest BCUT2D eigenvalue weighted by molar-refractivity contribution is 7.06. The molecule has 0 atom stereocenters. The van der Waals surface area contributed by atoms with Gasteiger partial charge in [0.05, 0.1) is 5.56 Å². The fraction of sp³-hybridized carbons (Fsp3) is 0.0476. The van der Waals surface area contributed by atoms with E-state index in [1.807, 2.05) is 48.5 Å². The number of halogens is 1. The summed E-state index contributed by atoms with van der Waals surface area (Å²) in [6.07, 6.45) is 0. The van der Waals surface area contributed by atoms with Gasteiger partial charge in [0.15, 0.2) is 0 Å². The molecule has 0 unspecified atom stereocenters. The Morgan fingerprint density at radius 3 is 2.08 bits per heavy atom. The maximum atomic E-state index is 4.85. The van der Waals surface area contributed by atoms with E-state index >= 15 is 0 Å². The van der Waals surface area contributed by atoms with Crippen molar-refractivity contribution in [3.63, 3.8) is 0 Å².